The van der Waals surface area contributed by atoms with Gasteiger partial charge in [0.15, 0.2) is 5.78 Å². The van der Waals surface area contributed by atoms with Crippen LogP contribution in [-0.4, -0.2) is 16.3 Å². The first-order valence-corrected chi connectivity index (χ1v) is 6.80. The van der Waals surface area contributed by atoms with Crippen LogP contribution < -0.4 is 0 Å². The predicted molar refractivity (Wildman–Crippen MR) is 82.9 cm³/mol. The summed E-state index contributed by atoms with van der Waals surface area (Å²) in [4.78, 5) is 24.3. The highest BCUT2D eigenvalue weighted by Gasteiger charge is 2.13. The summed E-state index contributed by atoms with van der Waals surface area (Å²) in [5.74, 6) is -0.0849. The van der Waals surface area contributed by atoms with Gasteiger partial charge in [-0.3, -0.25) is 14.2 Å². The third-order valence-corrected chi connectivity index (χ3v) is 3.66. The number of benzene rings is 2. The predicted octanol–water partition coefficient (Wildman–Crippen LogP) is 3.84. The molecule has 1 aromatic heterocycles. The van der Waals surface area contributed by atoms with Gasteiger partial charge in [0.2, 0.25) is 0 Å². The fourth-order valence-corrected chi connectivity index (χ4v) is 2.57. The highest BCUT2D eigenvalue weighted by atomic mass is 16.2. The molecule has 21 heavy (non-hydrogen) atoms. The maximum atomic E-state index is 12.6. The Morgan fingerprint density at radius 1 is 1.00 bits per heavy atom. The van der Waals surface area contributed by atoms with E-state index in [0.29, 0.717) is 11.1 Å². The molecule has 3 nitrogen and oxygen atoms in total. The van der Waals surface area contributed by atoms with Crippen molar-refractivity contribution in [1.29, 1.82) is 0 Å². The molecule has 1 heterocycles. The molecule has 0 atom stereocenters. The van der Waals surface area contributed by atoms with Crippen molar-refractivity contribution in [1.82, 2.24) is 4.57 Å². The minimum Gasteiger partial charge on any atom is -0.294 e. The Morgan fingerprint density at radius 3 is 2.38 bits per heavy atom. The van der Waals surface area contributed by atoms with Crippen LogP contribution in [0.3, 0.4) is 0 Å². The maximum Gasteiger partial charge on any atom is 0.262 e. The largest absolute Gasteiger partial charge is 0.294 e. The highest BCUT2D eigenvalue weighted by molar-refractivity contribution is 6.05. The third kappa shape index (κ3) is 2.27. The summed E-state index contributed by atoms with van der Waals surface area (Å²) in [7, 11) is 0. The van der Waals surface area contributed by atoms with E-state index >= 15 is 0 Å². The average Bonchev–Trinajstić information content (AvgIpc) is 2.89. The summed E-state index contributed by atoms with van der Waals surface area (Å²) >= 11 is 0. The number of fused-ring (bicyclic) bond motifs is 1. The van der Waals surface area contributed by atoms with Gasteiger partial charge in [0.25, 0.3) is 5.91 Å². The Labute approximate surface area is 122 Å². The second-order valence-electron chi connectivity index (χ2n) is 5.14. The number of hydrogen-bond acceptors (Lipinski definition) is 2. The van der Waals surface area contributed by atoms with Crippen molar-refractivity contribution in [3.8, 4) is 0 Å². The second kappa shape index (κ2) is 5.02. The van der Waals surface area contributed by atoms with Gasteiger partial charge in [0.05, 0.1) is 5.52 Å². The number of rotatable bonds is 2. The molecule has 0 fully saturated rings. The van der Waals surface area contributed by atoms with Crippen LogP contribution in [0, 0.1) is 6.92 Å². The zero-order valence-electron chi connectivity index (χ0n) is 12.0. The van der Waals surface area contributed by atoms with E-state index in [9.17, 15) is 9.59 Å². The molecule has 3 aromatic rings. The fraction of sp³-hybridized carbons (Fsp3) is 0.111. The van der Waals surface area contributed by atoms with Crippen LogP contribution in [0.2, 0.25) is 0 Å². The zero-order chi connectivity index (χ0) is 15.0. The molecule has 0 N–H and O–H groups in total. The standard InChI is InChI=1S/C18H15NO2/c1-12-10-15-8-9-19(17(15)11-16(12)13(2)20)18(21)14-6-4-3-5-7-14/h3-11H,1-2H3. The van der Waals surface area contributed by atoms with Gasteiger partial charge in [-0.15, -0.1) is 0 Å². The van der Waals surface area contributed by atoms with Gasteiger partial charge in [0.1, 0.15) is 0 Å². The summed E-state index contributed by atoms with van der Waals surface area (Å²) in [5, 5.41) is 0.960. The number of aryl methyl sites for hydroxylation is 1. The fourth-order valence-electron chi connectivity index (χ4n) is 2.57. The van der Waals surface area contributed by atoms with Crippen LogP contribution >= 0.6 is 0 Å². The molecule has 0 aliphatic heterocycles. The molecule has 0 amide bonds. The first kappa shape index (κ1) is 13.3. The van der Waals surface area contributed by atoms with Crippen LogP contribution in [0.1, 0.15) is 33.2 Å². The molecule has 0 aliphatic carbocycles. The van der Waals surface area contributed by atoms with E-state index < -0.39 is 0 Å². The smallest absolute Gasteiger partial charge is 0.262 e. The van der Waals surface area contributed by atoms with E-state index in [1.54, 1.807) is 35.9 Å². The van der Waals surface area contributed by atoms with Crippen molar-refractivity contribution in [2.75, 3.05) is 0 Å². The van der Waals surface area contributed by atoms with Crippen molar-refractivity contribution in [3.63, 3.8) is 0 Å². The topological polar surface area (TPSA) is 39.1 Å². The lowest BCUT2D eigenvalue weighted by Gasteiger charge is -2.07. The van der Waals surface area contributed by atoms with Crippen LogP contribution in [0.4, 0.5) is 0 Å². The second-order valence-corrected chi connectivity index (χ2v) is 5.14. The molecule has 0 bridgehead atoms. The molecule has 0 radical (unpaired) electrons. The molecule has 0 saturated carbocycles. The monoisotopic (exact) mass is 277 g/mol. The number of aromatic nitrogens is 1. The quantitative estimate of drug-likeness (QED) is 0.667. The minimum absolute atomic E-state index is 0.00862. The molecule has 0 spiro atoms. The van der Waals surface area contributed by atoms with Crippen LogP contribution in [0.25, 0.3) is 10.9 Å². The van der Waals surface area contributed by atoms with E-state index in [0.717, 1.165) is 16.5 Å². The SMILES string of the molecule is CC(=O)c1cc2c(ccn2C(=O)c2ccccc2)cc1C. The van der Waals surface area contributed by atoms with Crippen molar-refractivity contribution in [3.05, 3.63) is 71.4 Å². The van der Waals surface area contributed by atoms with E-state index in [1.807, 2.05) is 37.3 Å². The molecule has 0 unspecified atom stereocenters. The van der Waals surface area contributed by atoms with E-state index in [1.165, 1.54) is 0 Å². The maximum absolute atomic E-state index is 12.6. The van der Waals surface area contributed by atoms with Gasteiger partial charge in [-0.2, -0.15) is 0 Å². The van der Waals surface area contributed by atoms with E-state index in [2.05, 4.69) is 0 Å². The Bertz CT molecular complexity index is 844. The summed E-state index contributed by atoms with van der Waals surface area (Å²) < 4.78 is 1.59. The number of ketones is 1. The summed E-state index contributed by atoms with van der Waals surface area (Å²) in [6, 6.07) is 14.8. The Kier molecular flexibility index (Phi) is 3.18. The molecule has 3 rings (SSSR count). The molecule has 3 heteroatoms. The molecule has 2 aromatic carbocycles. The van der Waals surface area contributed by atoms with E-state index in [-0.39, 0.29) is 11.7 Å². The first-order valence-electron chi connectivity index (χ1n) is 6.80. The van der Waals surface area contributed by atoms with Gasteiger partial charge in [-0.05, 0) is 49.7 Å². The van der Waals surface area contributed by atoms with Crippen molar-refractivity contribution < 1.29 is 9.59 Å². The molecule has 104 valence electrons. The molecule has 0 saturated heterocycles. The van der Waals surface area contributed by atoms with Gasteiger partial charge in [-0.25, -0.2) is 0 Å². The first-order chi connectivity index (χ1) is 10.1. The van der Waals surface area contributed by atoms with Gasteiger partial charge < -0.3 is 0 Å². The number of Topliss-reactive ketones (excluding diaryl/α,β-unsaturated/α-hetero) is 1. The van der Waals surface area contributed by atoms with Gasteiger partial charge in [-0.1, -0.05) is 18.2 Å². The summed E-state index contributed by atoms with van der Waals surface area (Å²) in [6.45, 7) is 3.45. The molecular weight excluding hydrogens is 262 g/mol. The average molecular weight is 277 g/mol. The van der Waals surface area contributed by atoms with E-state index in [4.69, 9.17) is 0 Å². The van der Waals surface area contributed by atoms with Gasteiger partial charge in [0, 0.05) is 22.7 Å². The number of carbonyl (C=O) groups is 2. The Morgan fingerprint density at radius 2 is 1.71 bits per heavy atom. The zero-order valence-corrected chi connectivity index (χ0v) is 12.0. The Balaban J connectivity index is 2.18. The van der Waals surface area contributed by atoms with Gasteiger partial charge >= 0.3 is 0 Å². The van der Waals surface area contributed by atoms with Crippen LogP contribution in [-0.2, 0) is 0 Å². The number of nitrogens with zero attached hydrogens (tertiary/aromatic N) is 1. The Hall–Kier alpha value is -2.68. The highest BCUT2D eigenvalue weighted by Crippen LogP contribution is 2.22. The van der Waals surface area contributed by atoms with Crippen LogP contribution in [0.5, 0.6) is 0 Å². The van der Waals surface area contributed by atoms with Crippen molar-refractivity contribution >= 4 is 22.6 Å². The third-order valence-electron chi connectivity index (χ3n) is 3.66. The number of carbonyl (C=O) groups excluding carboxylic acids is 2. The normalized spacial score (nSPS) is 10.8. The van der Waals surface area contributed by atoms with Crippen molar-refractivity contribution in [2.24, 2.45) is 0 Å². The lowest BCUT2D eigenvalue weighted by molar-refractivity contribution is 0.0962. The minimum atomic E-state index is -0.0936. The molecule has 0 aliphatic rings. The lowest BCUT2D eigenvalue weighted by Crippen LogP contribution is -2.10. The van der Waals surface area contributed by atoms with Crippen molar-refractivity contribution in [2.45, 2.75) is 13.8 Å². The summed E-state index contributed by atoms with van der Waals surface area (Å²) in [5.41, 5.74) is 2.97. The van der Waals surface area contributed by atoms with Crippen LogP contribution in [0.15, 0.2) is 54.7 Å². The number of hydrogen-bond donors (Lipinski definition) is 0. The summed E-state index contributed by atoms with van der Waals surface area (Å²) in [6.07, 6.45) is 1.75. The lowest BCUT2D eigenvalue weighted by atomic mass is 10.0. The molecular formula is C18H15NO2.